The normalized spacial score (nSPS) is 11.4. The van der Waals surface area contributed by atoms with Crippen molar-refractivity contribution < 1.29 is 0 Å². The van der Waals surface area contributed by atoms with Crippen LogP contribution in [0.5, 0.6) is 0 Å². The lowest BCUT2D eigenvalue weighted by atomic mass is 10.1. The Kier molecular flexibility index (Phi) is 3.29. The fourth-order valence-electron chi connectivity index (χ4n) is 2.69. The Morgan fingerprint density at radius 3 is 2.48 bits per heavy atom. The summed E-state index contributed by atoms with van der Waals surface area (Å²) in [5.74, 6) is 0. The number of hydrogen-bond acceptors (Lipinski definition) is 2. The van der Waals surface area contributed by atoms with Gasteiger partial charge in [-0.25, -0.2) is 0 Å². The summed E-state index contributed by atoms with van der Waals surface area (Å²) >= 11 is 5.36. The Labute approximate surface area is 127 Å². The van der Waals surface area contributed by atoms with Gasteiger partial charge in [0.05, 0.1) is 5.52 Å². The standard InChI is InChI=1S/C16H17N3OS/c1-10(2)19-15(20)14-13(17-16(19)21)12(9-18(14)3)11-7-5-4-6-8-11/h4-10H,1-3H3,(H,17,21). The molecule has 108 valence electrons. The fourth-order valence-corrected chi connectivity index (χ4v) is 3.09. The second kappa shape index (κ2) is 5.00. The number of H-pyrrole nitrogens is 1. The summed E-state index contributed by atoms with van der Waals surface area (Å²) in [5, 5.41) is 0. The third kappa shape index (κ3) is 2.14. The number of nitrogens with one attached hydrogen (secondary N) is 1. The van der Waals surface area contributed by atoms with E-state index >= 15 is 0 Å². The van der Waals surface area contributed by atoms with E-state index in [0.29, 0.717) is 10.3 Å². The van der Waals surface area contributed by atoms with Crippen molar-refractivity contribution in [3.8, 4) is 11.1 Å². The fraction of sp³-hybridized carbons (Fsp3) is 0.250. The van der Waals surface area contributed by atoms with Crippen LogP contribution in [0.15, 0.2) is 41.3 Å². The molecule has 0 spiro atoms. The lowest BCUT2D eigenvalue weighted by Crippen LogP contribution is -2.24. The first-order valence-corrected chi connectivity index (χ1v) is 7.30. The Morgan fingerprint density at radius 2 is 1.86 bits per heavy atom. The van der Waals surface area contributed by atoms with Crippen LogP contribution in [0.25, 0.3) is 22.2 Å². The number of nitrogens with zero attached hydrogens (tertiary/aromatic N) is 2. The van der Waals surface area contributed by atoms with Crippen molar-refractivity contribution in [3.63, 3.8) is 0 Å². The van der Waals surface area contributed by atoms with Crippen LogP contribution in [0.2, 0.25) is 0 Å². The lowest BCUT2D eigenvalue weighted by molar-refractivity contribution is 0.563. The van der Waals surface area contributed by atoms with Crippen LogP contribution in [0.4, 0.5) is 0 Å². The Balaban J connectivity index is 2.43. The molecule has 2 heterocycles. The number of aromatic amines is 1. The molecular formula is C16H17N3OS. The predicted octanol–water partition coefficient (Wildman–Crippen LogP) is 3.65. The van der Waals surface area contributed by atoms with Crippen LogP contribution < -0.4 is 5.56 Å². The second-order valence-electron chi connectivity index (χ2n) is 5.44. The summed E-state index contributed by atoms with van der Waals surface area (Å²) in [6.45, 7) is 3.91. The van der Waals surface area contributed by atoms with Crippen molar-refractivity contribution in [2.75, 3.05) is 0 Å². The van der Waals surface area contributed by atoms with Gasteiger partial charge in [-0.15, -0.1) is 0 Å². The smallest absolute Gasteiger partial charge is 0.279 e. The first kappa shape index (κ1) is 13.8. The first-order chi connectivity index (χ1) is 10.0. The molecule has 0 saturated heterocycles. The highest BCUT2D eigenvalue weighted by Gasteiger charge is 2.15. The molecule has 0 bridgehead atoms. The largest absolute Gasteiger partial charge is 0.344 e. The molecular weight excluding hydrogens is 282 g/mol. The van der Waals surface area contributed by atoms with E-state index < -0.39 is 0 Å². The van der Waals surface area contributed by atoms with E-state index in [1.165, 1.54) is 0 Å². The maximum atomic E-state index is 12.7. The van der Waals surface area contributed by atoms with Gasteiger partial charge in [-0.3, -0.25) is 9.36 Å². The molecule has 0 aliphatic rings. The van der Waals surface area contributed by atoms with E-state index in [1.807, 2.05) is 62.0 Å². The highest BCUT2D eigenvalue weighted by molar-refractivity contribution is 7.71. The molecule has 0 aliphatic heterocycles. The van der Waals surface area contributed by atoms with Crippen LogP contribution in [-0.2, 0) is 7.05 Å². The highest BCUT2D eigenvalue weighted by Crippen LogP contribution is 2.27. The average Bonchev–Trinajstić information content (AvgIpc) is 2.76. The molecule has 5 heteroatoms. The molecule has 0 radical (unpaired) electrons. The van der Waals surface area contributed by atoms with Gasteiger partial charge in [-0.1, -0.05) is 30.3 Å². The average molecular weight is 299 g/mol. The minimum absolute atomic E-state index is 0.0284. The maximum Gasteiger partial charge on any atom is 0.279 e. The molecule has 0 saturated carbocycles. The third-order valence-corrected chi connectivity index (χ3v) is 3.95. The number of benzene rings is 1. The quantitative estimate of drug-likeness (QED) is 0.734. The predicted molar refractivity (Wildman–Crippen MR) is 88.2 cm³/mol. The molecule has 2 aromatic heterocycles. The zero-order valence-corrected chi connectivity index (χ0v) is 13.1. The van der Waals surface area contributed by atoms with E-state index in [4.69, 9.17) is 12.2 Å². The Morgan fingerprint density at radius 1 is 1.19 bits per heavy atom. The number of aromatic nitrogens is 3. The minimum atomic E-state index is -0.0477. The van der Waals surface area contributed by atoms with E-state index in [0.717, 1.165) is 16.6 Å². The van der Waals surface area contributed by atoms with Crippen LogP contribution in [0, 0.1) is 4.77 Å². The Hall–Kier alpha value is -2.14. The molecule has 4 nitrogen and oxygen atoms in total. The molecule has 0 aliphatic carbocycles. The van der Waals surface area contributed by atoms with Gasteiger partial charge in [0, 0.05) is 24.8 Å². The number of aryl methyl sites for hydroxylation is 1. The van der Waals surface area contributed by atoms with Gasteiger partial charge in [-0.2, -0.15) is 0 Å². The molecule has 3 rings (SSSR count). The molecule has 0 amide bonds. The zero-order chi connectivity index (χ0) is 15.1. The molecule has 21 heavy (non-hydrogen) atoms. The maximum absolute atomic E-state index is 12.7. The molecule has 0 atom stereocenters. The van der Waals surface area contributed by atoms with E-state index in [2.05, 4.69) is 4.98 Å². The first-order valence-electron chi connectivity index (χ1n) is 6.90. The summed E-state index contributed by atoms with van der Waals surface area (Å²) in [6, 6.07) is 10.0. The van der Waals surface area contributed by atoms with Gasteiger partial charge in [0.1, 0.15) is 5.52 Å². The van der Waals surface area contributed by atoms with E-state index in [1.54, 1.807) is 4.57 Å². The van der Waals surface area contributed by atoms with Crippen LogP contribution in [0.1, 0.15) is 19.9 Å². The summed E-state index contributed by atoms with van der Waals surface area (Å²) in [7, 11) is 1.89. The number of fused-ring (bicyclic) bond motifs is 1. The molecule has 1 aromatic carbocycles. The van der Waals surface area contributed by atoms with E-state index in [-0.39, 0.29) is 11.6 Å². The van der Waals surface area contributed by atoms with Crippen molar-refractivity contribution >= 4 is 23.3 Å². The molecule has 0 unspecified atom stereocenters. The lowest BCUT2D eigenvalue weighted by Gasteiger charge is -2.10. The van der Waals surface area contributed by atoms with Gasteiger partial charge in [0.2, 0.25) is 0 Å². The number of rotatable bonds is 2. The zero-order valence-electron chi connectivity index (χ0n) is 12.3. The van der Waals surface area contributed by atoms with Gasteiger partial charge < -0.3 is 9.55 Å². The van der Waals surface area contributed by atoms with Crippen molar-refractivity contribution in [1.29, 1.82) is 0 Å². The monoisotopic (exact) mass is 299 g/mol. The summed E-state index contributed by atoms with van der Waals surface area (Å²) in [6.07, 6.45) is 1.97. The Bertz CT molecular complexity index is 916. The van der Waals surface area contributed by atoms with Crippen molar-refractivity contribution in [3.05, 3.63) is 51.7 Å². The molecule has 3 aromatic rings. The summed E-state index contributed by atoms with van der Waals surface area (Å²) in [4.78, 5) is 15.9. The summed E-state index contributed by atoms with van der Waals surface area (Å²) < 4.78 is 3.95. The van der Waals surface area contributed by atoms with Gasteiger partial charge in [-0.05, 0) is 31.6 Å². The topological polar surface area (TPSA) is 42.7 Å². The van der Waals surface area contributed by atoms with Crippen LogP contribution in [0.3, 0.4) is 0 Å². The molecule has 0 fully saturated rings. The van der Waals surface area contributed by atoms with Crippen LogP contribution in [-0.4, -0.2) is 14.1 Å². The van der Waals surface area contributed by atoms with E-state index in [9.17, 15) is 4.79 Å². The van der Waals surface area contributed by atoms with Crippen LogP contribution >= 0.6 is 12.2 Å². The van der Waals surface area contributed by atoms with Crippen molar-refractivity contribution in [2.24, 2.45) is 7.05 Å². The van der Waals surface area contributed by atoms with Gasteiger partial charge in [0.25, 0.3) is 5.56 Å². The summed E-state index contributed by atoms with van der Waals surface area (Å²) in [5.41, 5.74) is 3.46. The third-order valence-electron chi connectivity index (χ3n) is 3.65. The molecule has 1 N–H and O–H groups in total. The second-order valence-corrected chi connectivity index (χ2v) is 5.83. The minimum Gasteiger partial charge on any atom is -0.344 e. The van der Waals surface area contributed by atoms with Crippen molar-refractivity contribution in [1.82, 2.24) is 14.1 Å². The SMILES string of the molecule is CC(C)n1c(=S)[nH]c2c(-c3ccccc3)cn(C)c2c1=O. The van der Waals surface area contributed by atoms with Gasteiger partial charge >= 0.3 is 0 Å². The highest BCUT2D eigenvalue weighted by atomic mass is 32.1. The number of hydrogen-bond donors (Lipinski definition) is 1. The van der Waals surface area contributed by atoms with Crippen molar-refractivity contribution in [2.45, 2.75) is 19.9 Å². The van der Waals surface area contributed by atoms with Gasteiger partial charge in [0.15, 0.2) is 4.77 Å².